The second-order valence-corrected chi connectivity index (χ2v) is 6.69. The highest BCUT2D eigenvalue weighted by Gasteiger charge is 2.13. The lowest BCUT2D eigenvalue weighted by atomic mass is 10.1. The van der Waals surface area contributed by atoms with Crippen molar-refractivity contribution in [1.29, 1.82) is 0 Å². The van der Waals surface area contributed by atoms with Crippen molar-refractivity contribution in [2.24, 2.45) is 10.1 Å². The molecule has 5 nitrogen and oxygen atoms in total. The molecule has 0 amide bonds. The average Bonchev–Trinajstić information content (AvgIpc) is 3.10. The first kappa shape index (κ1) is 16.6. The van der Waals surface area contributed by atoms with Crippen molar-refractivity contribution >= 4 is 17.0 Å². The zero-order chi connectivity index (χ0) is 17.9. The predicted molar refractivity (Wildman–Crippen MR) is 104 cm³/mol. The van der Waals surface area contributed by atoms with Crippen LogP contribution in [0, 0.1) is 0 Å². The smallest absolute Gasteiger partial charge is 0.205 e. The van der Waals surface area contributed by atoms with Crippen molar-refractivity contribution in [1.82, 2.24) is 4.68 Å². The molecule has 0 fully saturated rings. The lowest BCUT2D eigenvalue weighted by Crippen LogP contribution is -2.16. The third-order valence-corrected chi connectivity index (χ3v) is 5.06. The summed E-state index contributed by atoms with van der Waals surface area (Å²) in [6, 6.07) is 16.1. The van der Waals surface area contributed by atoms with E-state index in [1.807, 2.05) is 48.0 Å². The first-order valence-corrected chi connectivity index (χ1v) is 9.28. The number of benzene rings is 2. The molecule has 4 rings (SSSR count). The quantitative estimate of drug-likeness (QED) is 0.663. The van der Waals surface area contributed by atoms with Crippen LogP contribution in [0.15, 0.2) is 64.0 Å². The van der Waals surface area contributed by atoms with Gasteiger partial charge in [0.15, 0.2) is 11.5 Å². The van der Waals surface area contributed by atoms with Gasteiger partial charge in [0.1, 0.15) is 13.2 Å². The van der Waals surface area contributed by atoms with Gasteiger partial charge in [-0.1, -0.05) is 30.3 Å². The fourth-order valence-electron chi connectivity index (χ4n) is 2.83. The largest absolute Gasteiger partial charge is 0.486 e. The zero-order valence-corrected chi connectivity index (χ0v) is 15.5. The topological polar surface area (TPSA) is 48.1 Å². The first-order chi connectivity index (χ1) is 12.8. The van der Waals surface area contributed by atoms with Crippen LogP contribution in [0.4, 0.5) is 0 Å². The Morgan fingerprint density at radius 3 is 2.58 bits per heavy atom. The maximum absolute atomic E-state index is 5.68. The third-order valence-electron chi connectivity index (χ3n) is 4.16. The highest BCUT2D eigenvalue weighted by Crippen LogP contribution is 2.31. The molecule has 0 spiro atoms. The molecule has 0 N–H and O–H groups in total. The van der Waals surface area contributed by atoms with Crippen LogP contribution >= 0.6 is 11.3 Å². The molecule has 0 unspecified atom stereocenters. The normalized spacial score (nSPS) is 14.5. The van der Waals surface area contributed by atoms with E-state index in [1.54, 1.807) is 18.4 Å². The minimum absolute atomic E-state index is 0.572. The average molecular weight is 365 g/mol. The fourth-order valence-corrected chi connectivity index (χ4v) is 3.63. The minimum atomic E-state index is 0.572. The predicted octanol–water partition coefficient (Wildman–Crippen LogP) is 3.79. The summed E-state index contributed by atoms with van der Waals surface area (Å²) >= 11 is 1.58. The summed E-state index contributed by atoms with van der Waals surface area (Å²) in [7, 11) is 1.78. The molecule has 26 heavy (non-hydrogen) atoms. The maximum atomic E-state index is 5.68. The van der Waals surface area contributed by atoms with Gasteiger partial charge < -0.3 is 9.47 Å². The van der Waals surface area contributed by atoms with Crippen LogP contribution in [-0.2, 0) is 0 Å². The molecule has 1 aromatic heterocycles. The Labute approximate surface area is 155 Å². The SMILES string of the molecule is CN=c1scc(-c2ccccc2)n1N=C(C)c1ccc2c(c1)OCCO2. The molecule has 6 heteroatoms. The Hall–Kier alpha value is -2.86. The molecule has 0 radical (unpaired) electrons. The maximum Gasteiger partial charge on any atom is 0.205 e. The molecule has 2 aromatic carbocycles. The van der Waals surface area contributed by atoms with Gasteiger partial charge in [0.05, 0.1) is 11.4 Å². The molecule has 0 atom stereocenters. The molecule has 0 saturated carbocycles. The molecule has 1 aliphatic heterocycles. The lowest BCUT2D eigenvalue weighted by molar-refractivity contribution is 0.171. The van der Waals surface area contributed by atoms with Gasteiger partial charge in [-0.3, -0.25) is 4.99 Å². The van der Waals surface area contributed by atoms with E-state index in [0.29, 0.717) is 13.2 Å². The standard InChI is InChI=1S/C20H19N3O2S/c1-14(16-8-9-18-19(12-16)25-11-10-24-18)22-23-17(13-26-20(23)21-2)15-6-4-3-5-7-15/h3-9,12-13H,10-11H2,1-2H3. The van der Waals surface area contributed by atoms with Crippen molar-refractivity contribution in [2.45, 2.75) is 6.92 Å². The van der Waals surface area contributed by atoms with E-state index >= 15 is 0 Å². The van der Waals surface area contributed by atoms with E-state index in [9.17, 15) is 0 Å². The number of nitrogens with zero attached hydrogens (tertiary/aromatic N) is 3. The van der Waals surface area contributed by atoms with Crippen LogP contribution in [0.2, 0.25) is 0 Å². The van der Waals surface area contributed by atoms with Crippen LogP contribution in [0.5, 0.6) is 11.5 Å². The highest BCUT2D eigenvalue weighted by atomic mass is 32.1. The van der Waals surface area contributed by atoms with E-state index in [2.05, 4.69) is 22.5 Å². The second kappa shape index (κ2) is 7.17. The number of thiazole rings is 1. The zero-order valence-electron chi connectivity index (χ0n) is 14.7. The Bertz CT molecular complexity index is 1020. The number of aromatic nitrogens is 1. The highest BCUT2D eigenvalue weighted by molar-refractivity contribution is 7.07. The van der Waals surface area contributed by atoms with Gasteiger partial charge >= 0.3 is 0 Å². The molecule has 0 saturated heterocycles. The number of hydrogen-bond acceptors (Lipinski definition) is 5. The Kier molecular flexibility index (Phi) is 4.58. The van der Waals surface area contributed by atoms with Crippen molar-refractivity contribution in [3.05, 3.63) is 64.3 Å². The van der Waals surface area contributed by atoms with E-state index in [1.165, 1.54) is 0 Å². The van der Waals surface area contributed by atoms with E-state index < -0.39 is 0 Å². The Balaban J connectivity index is 1.77. The van der Waals surface area contributed by atoms with Gasteiger partial charge in [-0.25, -0.2) is 4.68 Å². The molecule has 3 aromatic rings. The summed E-state index contributed by atoms with van der Waals surface area (Å²) in [5, 5.41) is 6.92. The summed E-state index contributed by atoms with van der Waals surface area (Å²) in [5.74, 6) is 1.55. The van der Waals surface area contributed by atoms with Gasteiger partial charge in [-0.15, -0.1) is 11.3 Å². The summed E-state index contributed by atoms with van der Waals surface area (Å²) < 4.78 is 13.2. The Morgan fingerprint density at radius 1 is 1.04 bits per heavy atom. The number of ether oxygens (including phenoxy) is 2. The van der Waals surface area contributed by atoms with Gasteiger partial charge in [0.25, 0.3) is 0 Å². The molecule has 132 valence electrons. The van der Waals surface area contributed by atoms with Crippen LogP contribution in [-0.4, -0.2) is 30.6 Å². The molecule has 0 aliphatic carbocycles. The Morgan fingerprint density at radius 2 is 1.81 bits per heavy atom. The third kappa shape index (κ3) is 3.15. The summed E-state index contributed by atoms with van der Waals surface area (Å²) in [4.78, 5) is 5.21. The van der Waals surface area contributed by atoms with Crippen LogP contribution in [0.25, 0.3) is 11.3 Å². The molecule has 2 heterocycles. The van der Waals surface area contributed by atoms with Crippen LogP contribution in [0.3, 0.4) is 0 Å². The lowest BCUT2D eigenvalue weighted by Gasteiger charge is -2.18. The van der Waals surface area contributed by atoms with Crippen molar-refractivity contribution < 1.29 is 9.47 Å². The van der Waals surface area contributed by atoms with Crippen molar-refractivity contribution in [2.75, 3.05) is 20.3 Å². The molecular weight excluding hydrogens is 346 g/mol. The second-order valence-electron chi connectivity index (χ2n) is 5.85. The molecule has 1 aliphatic rings. The van der Waals surface area contributed by atoms with Gasteiger partial charge in [-0.05, 0) is 25.1 Å². The van der Waals surface area contributed by atoms with Crippen molar-refractivity contribution in [3.8, 4) is 22.8 Å². The number of hydrogen-bond donors (Lipinski definition) is 0. The van der Waals surface area contributed by atoms with Gasteiger partial charge in [-0.2, -0.15) is 5.10 Å². The first-order valence-electron chi connectivity index (χ1n) is 8.40. The minimum Gasteiger partial charge on any atom is -0.486 e. The number of rotatable bonds is 3. The van der Waals surface area contributed by atoms with Gasteiger partial charge in [0.2, 0.25) is 4.80 Å². The summed E-state index contributed by atoms with van der Waals surface area (Å²) in [5.41, 5.74) is 4.01. The molecule has 0 bridgehead atoms. The monoisotopic (exact) mass is 365 g/mol. The van der Waals surface area contributed by atoms with Crippen LogP contribution in [0.1, 0.15) is 12.5 Å². The number of fused-ring (bicyclic) bond motifs is 1. The fraction of sp³-hybridized carbons (Fsp3) is 0.200. The summed E-state index contributed by atoms with van der Waals surface area (Å²) in [6.07, 6.45) is 0. The van der Waals surface area contributed by atoms with E-state index in [-0.39, 0.29) is 0 Å². The van der Waals surface area contributed by atoms with Crippen LogP contribution < -0.4 is 14.3 Å². The van der Waals surface area contributed by atoms with Crippen molar-refractivity contribution in [3.63, 3.8) is 0 Å². The summed E-state index contributed by atoms with van der Waals surface area (Å²) in [6.45, 7) is 3.15. The molecular formula is C20H19N3O2S. The van der Waals surface area contributed by atoms with Gasteiger partial charge in [0, 0.05) is 23.6 Å². The van der Waals surface area contributed by atoms with E-state index in [0.717, 1.165) is 38.8 Å². The van der Waals surface area contributed by atoms with E-state index in [4.69, 9.17) is 14.6 Å².